The van der Waals surface area contributed by atoms with Crippen molar-refractivity contribution in [3.63, 3.8) is 0 Å². The van der Waals surface area contributed by atoms with Crippen molar-refractivity contribution < 1.29 is 9.59 Å². The summed E-state index contributed by atoms with van der Waals surface area (Å²) in [6.45, 7) is 3.76. The first-order valence-corrected chi connectivity index (χ1v) is 11.0. The molecule has 0 aliphatic carbocycles. The Hall–Kier alpha value is -3.51. The molecule has 0 saturated carbocycles. The number of hydrogen-bond donors (Lipinski definition) is 3. The van der Waals surface area contributed by atoms with Crippen LogP contribution in [0.2, 0.25) is 5.02 Å². The lowest BCUT2D eigenvalue weighted by molar-refractivity contribution is 0.102. The third-order valence-electron chi connectivity index (χ3n) is 5.43. The standard InChI is InChI=1S/C25H25ClN4O2/c1-17-9-10-19(26)15-21(17)28-25(32)29-22-16-20(11-12-23(22)30-13-5-6-14-30)27-24(31)18-7-3-2-4-8-18/h2-4,7-12,15-16H,5-6,13-14H2,1H3,(H,27,31)(H2,28,29,32). The zero-order valence-corrected chi connectivity index (χ0v) is 18.6. The molecular weight excluding hydrogens is 424 g/mol. The second kappa shape index (κ2) is 9.75. The van der Waals surface area contributed by atoms with Crippen LogP contribution in [-0.4, -0.2) is 25.0 Å². The SMILES string of the molecule is Cc1ccc(Cl)cc1NC(=O)Nc1cc(NC(=O)c2ccccc2)ccc1N1CCCC1. The molecule has 3 aromatic carbocycles. The van der Waals surface area contributed by atoms with E-state index in [1.54, 1.807) is 30.3 Å². The molecule has 0 radical (unpaired) electrons. The second-order valence-electron chi connectivity index (χ2n) is 7.78. The minimum atomic E-state index is -0.373. The molecule has 1 aliphatic heterocycles. The number of anilines is 4. The van der Waals surface area contributed by atoms with E-state index in [2.05, 4.69) is 20.9 Å². The maximum Gasteiger partial charge on any atom is 0.323 e. The highest BCUT2D eigenvalue weighted by molar-refractivity contribution is 6.31. The number of amides is 3. The lowest BCUT2D eigenvalue weighted by Gasteiger charge is -2.23. The van der Waals surface area contributed by atoms with Gasteiger partial charge in [-0.05, 0) is 67.8 Å². The van der Waals surface area contributed by atoms with Crippen LogP contribution in [0.15, 0.2) is 66.7 Å². The van der Waals surface area contributed by atoms with E-state index in [4.69, 9.17) is 11.6 Å². The fourth-order valence-corrected chi connectivity index (χ4v) is 3.92. The van der Waals surface area contributed by atoms with Gasteiger partial charge in [0.2, 0.25) is 0 Å². The van der Waals surface area contributed by atoms with Gasteiger partial charge in [-0.3, -0.25) is 4.79 Å². The van der Waals surface area contributed by atoms with Crippen molar-refractivity contribution in [3.8, 4) is 0 Å². The monoisotopic (exact) mass is 448 g/mol. The largest absolute Gasteiger partial charge is 0.370 e. The third-order valence-corrected chi connectivity index (χ3v) is 5.67. The average molecular weight is 449 g/mol. The van der Waals surface area contributed by atoms with Crippen LogP contribution in [0.3, 0.4) is 0 Å². The van der Waals surface area contributed by atoms with Gasteiger partial charge in [-0.25, -0.2) is 4.79 Å². The van der Waals surface area contributed by atoms with Crippen LogP contribution in [0.25, 0.3) is 0 Å². The van der Waals surface area contributed by atoms with Gasteiger partial charge in [0.25, 0.3) is 5.91 Å². The maximum absolute atomic E-state index is 12.8. The number of nitrogens with zero attached hydrogens (tertiary/aromatic N) is 1. The van der Waals surface area contributed by atoms with Crippen molar-refractivity contribution in [2.45, 2.75) is 19.8 Å². The van der Waals surface area contributed by atoms with Gasteiger partial charge in [-0.15, -0.1) is 0 Å². The first-order valence-electron chi connectivity index (χ1n) is 10.6. The highest BCUT2D eigenvalue weighted by Crippen LogP contribution is 2.32. The minimum absolute atomic E-state index is 0.204. The van der Waals surface area contributed by atoms with E-state index in [0.29, 0.717) is 27.6 Å². The number of nitrogens with one attached hydrogen (secondary N) is 3. The van der Waals surface area contributed by atoms with E-state index in [9.17, 15) is 9.59 Å². The average Bonchev–Trinajstić information content (AvgIpc) is 3.32. The van der Waals surface area contributed by atoms with E-state index in [1.165, 1.54) is 0 Å². The van der Waals surface area contributed by atoms with E-state index >= 15 is 0 Å². The molecule has 0 atom stereocenters. The summed E-state index contributed by atoms with van der Waals surface area (Å²) in [6, 6.07) is 19.6. The summed E-state index contributed by atoms with van der Waals surface area (Å²) in [5.74, 6) is -0.204. The normalized spacial score (nSPS) is 13.0. The van der Waals surface area contributed by atoms with Gasteiger partial charge in [0, 0.05) is 35.1 Å². The maximum atomic E-state index is 12.8. The molecule has 3 N–H and O–H groups in total. The lowest BCUT2D eigenvalue weighted by atomic mass is 10.2. The summed E-state index contributed by atoms with van der Waals surface area (Å²) in [6.07, 6.45) is 2.22. The predicted octanol–water partition coefficient (Wildman–Crippen LogP) is 6.14. The zero-order chi connectivity index (χ0) is 22.5. The fourth-order valence-electron chi connectivity index (χ4n) is 3.75. The first-order chi connectivity index (χ1) is 15.5. The number of carbonyl (C=O) groups excluding carboxylic acids is 2. The van der Waals surface area contributed by atoms with Crippen LogP contribution in [0.5, 0.6) is 0 Å². The number of aryl methyl sites for hydroxylation is 1. The summed E-state index contributed by atoms with van der Waals surface area (Å²) >= 11 is 6.07. The Kier molecular flexibility index (Phi) is 6.61. The number of urea groups is 1. The van der Waals surface area contributed by atoms with Crippen molar-refractivity contribution in [1.29, 1.82) is 0 Å². The van der Waals surface area contributed by atoms with E-state index in [0.717, 1.165) is 37.2 Å². The van der Waals surface area contributed by atoms with Crippen LogP contribution in [0.4, 0.5) is 27.5 Å². The van der Waals surface area contributed by atoms with Gasteiger partial charge in [-0.1, -0.05) is 35.9 Å². The highest BCUT2D eigenvalue weighted by Gasteiger charge is 2.18. The molecule has 6 nitrogen and oxygen atoms in total. The summed E-state index contributed by atoms with van der Waals surface area (Å²) in [7, 11) is 0. The smallest absolute Gasteiger partial charge is 0.323 e. The van der Waals surface area contributed by atoms with E-state index < -0.39 is 0 Å². The molecule has 1 saturated heterocycles. The van der Waals surface area contributed by atoms with Crippen molar-refractivity contribution >= 4 is 46.3 Å². The predicted molar refractivity (Wildman–Crippen MR) is 131 cm³/mol. The molecule has 0 spiro atoms. The van der Waals surface area contributed by atoms with Gasteiger partial charge in [-0.2, -0.15) is 0 Å². The van der Waals surface area contributed by atoms with Crippen LogP contribution in [0, 0.1) is 6.92 Å². The third kappa shape index (κ3) is 5.21. The number of halogens is 1. The van der Waals surface area contributed by atoms with Gasteiger partial charge >= 0.3 is 6.03 Å². The minimum Gasteiger partial charge on any atom is -0.370 e. The molecule has 32 heavy (non-hydrogen) atoms. The highest BCUT2D eigenvalue weighted by atomic mass is 35.5. The zero-order valence-electron chi connectivity index (χ0n) is 17.8. The van der Waals surface area contributed by atoms with Gasteiger partial charge < -0.3 is 20.9 Å². The van der Waals surface area contributed by atoms with Crippen LogP contribution >= 0.6 is 11.6 Å². The van der Waals surface area contributed by atoms with Crippen LogP contribution in [0.1, 0.15) is 28.8 Å². The van der Waals surface area contributed by atoms with Gasteiger partial charge in [0.05, 0.1) is 11.4 Å². The molecule has 164 valence electrons. The molecule has 1 fully saturated rings. The summed E-state index contributed by atoms with van der Waals surface area (Å²) in [4.78, 5) is 27.6. The van der Waals surface area contributed by atoms with Crippen LogP contribution in [-0.2, 0) is 0 Å². The fraction of sp³-hybridized carbons (Fsp3) is 0.200. The Morgan fingerprint density at radius 3 is 2.31 bits per heavy atom. The molecular formula is C25H25ClN4O2. The molecule has 3 amide bonds. The molecule has 0 aromatic heterocycles. The Morgan fingerprint density at radius 1 is 0.844 bits per heavy atom. The Bertz CT molecular complexity index is 1130. The molecule has 1 heterocycles. The number of rotatable bonds is 5. The van der Waals surface area contributed by atoms with Crippen molar-refractivity contribution in [1.82, 2.24) is 0 Å². The molecule has 0 bridgehead atoms. The van der Waals surface area contributed by atoms with E-state index in [1.807, 2.05) is 43.3 Å². The Labute approximate surface area is 192 Å². The Balaban J connectivity index is 1.56. The van der Waals surface area contributed by atoms with E-state index in [-0.39, 0.29) is 11.9 Å². The topological polar surface area (TPSA) is 73.5 Å². The Morgan fingerprint density at radius 2 is 1.56 bits per heavy atom. The van der Waals surface area contributed by atoms with Gasteiger partial charge in [0.1, 0.15) is 0 Å². The molecule has 4 rings (SSSR count). The first kappa shape index (κ1) is 21.7. The second-order valence-corrected chi connectivity index (χ2v) is 8.22. The quantitative estimate of drug-likeness (QED) is 0.438. The molecule has 1 aliphatic rings. The van der Waals surface area contributed by atoms with Crippen molar-refractivity contribution in [3.05, 3.63) is 82.9 Å². The molecule has 0 unspecified atom stereocenters. The summed E-state index contributed by atoms with van der Waals surface area (Å²) < 4.78 is 0. The number of carbonyl (C=O) groups is 2. The van der Waals surface area contributed by atoms with Gasteiger partial charge in [0.15, 0.2) is 0 Å². The van der Waals surface area contributed by atoms with Crippen molar-refractivity contribution in [2.24, 2.45) is 0 Å². The number of benzene rings is 3. The number of hydrogen-bond acceptors (Lipinski definition) is 3. The summed E-state index contributed by atoms with van der Waals surface area (Å²) in [5.41, 5.74) is 4.29. The molecule has 3 aromatic rings. The summed E-state index contributed by atoms with van der Waals surface area (Å²) in [5, 5.41) is 9.27. The van der Waals surface area contributed by atoms with Crippen molar-refractivity contribution in [2.75, 3.05) is 33.9 Å². The van der Waals surface area contributed by atoms with Crippen LogP contribution < -0.4 is 20.9 Å². The lowest BCUT2D eigenvalue weighted by Crippen LogP contribution is -2.24. The molecule has 7 heteroatoms.